The number of carbonyl (C=O) groups excluding carboxylic acids is 1. The fraction of sp³-hybridized carbons (Fsp3) is 0.471. The van der Waals surface area contributed by atoms with Crippen LogP contribution < -0.4 is 10.6 Å². The molecule has 0 aliphatic heterocycles. The van der Waals surface area contributed by atoms with Crippen molar-refractivity contribution in [3.63, 3.8) is 0 Å². The average molecular weight is 415 g/mol. The number of halogens is 1. The first kappa shape index (κ1) is 20.7. The number of esters is 1. The van der Waals surface area contributed by atoms with E-state index in [0.717, 1.165) is 40.5 Å². The highest BCUT2D eigenvalue weighted by Gasteiger charge is 2.22. The third-order valence-corrected chi connectivity index (χ3v) is 5.60. The molecule has 0 fully saturated rings. The second kappa shape index (κ2) is 9.34. The van der Waals surface area contributed by atoms with Crippen molar-refractivity contribution in [1.29, 1.82) is 0 Å². The first-order valence-electron chi connectivity index (χ1n) is 8.32. The van der Waals surface area contributed by atoms with Gasteiger partial charge in [0, 0.05) is 24.2 Å². The Hall–Kier alpha value is -1.64. The molecule has 2 aromatic heterocycles. The lowest BCUT2D eigenvalue weighted by molar-refractivity contribution is 0.0601. The van der Waals surface area contributed by atoms with Crippen LogP contribution in [0.4, 0.5) is 5.00 Å². The number of hydrogen-bond donors (Lipinski definition) is 2. The van der Waals surface area contributed by atoms with Gasteiger partial charge in [-0.3, -0.25) is 4.68 Å². The molecule has 0 atom stereocenters. The number of nitrogens with zero attached hydrogens (tertiary/aromatic N) is 2. The van der Waals surface area contributed by atoms with Gasteiger partial charge in [0.1, 0.15) is 5.00 Å². The summed E-state index contributed by atoms with van der Waals surface area (Å²) in [6.07, 6.45) is 3.42. The molecule has 0 amide bonds. The van der Waals surface area contributed by atoms with Crippen LogP contribution in [0.5, 0.6) is 0 Å². The summed E-state index contributed by atoms with van der Waals surface area (Å²) in [6.45, 7) is 7.32. The third kappa shape index (κ3) is 4.96. The predicted molar refractivity (Wildman–Crippen MR) is 111 cm³/mol. The molecule has 0 spiro atoms. The standard InChI is InChI=1S/C17H23ClN4O2S2/c1-5-12-11(3)26-15(14(12)16(23)24-4)20-17(25)19-7-6-8-22-9-13(18)10(2)21-22/h9H,5-8H2,1-4H3,(H2,19,20,25). The quantitative estimate of drug-likeness (QED) is 0.406. The van der Waals surface area contributed by atoms with E-state index in [1.54, 1.807) is 0 Å². The molecule has 2 N–H and O–H groups in total. The number of aromatic nitrogens is 2. The number of rotatable bonds is 7. The summed E-state index contributed by atoms with van der Waals surface area (Å²) in [5.41, 5.74) is 2.40. The van der Waals surface area contributed by atoms with Crippen LogP contribution in [-0.2, 0) is 17.7 Å². The number of carbonyl (C=O) groups is 1. The Kier molecular flexibility index (Phi) is 7.43. The van der Waals surface area contributed by atoms with Gasteiger partial charge in [0.05, 0.1) is 23.4 Å². The molecule has 0 radical (unpaired) electrons. The van der Waals surface area contributed by atoms with Crippen molar-refractivity contribution < 1.29 is 9.53 Å². The highest BCUT2D eigenvalue weighted by molar-refractivity contribution is 7.80. The number of thiophene rings is 1. The molecule has 142 valence electrons. The van der Waals surface area contributed by atoms with E-state index < -0.39 is 0 Å². The Labute approximate surface area is 167 Å². The van der Waals surface area contributed by atoms with Crippen molar-refractivity contribution in [3.05, 3.63) is 32.9 Å². The predicted octanol–water partition coefficient (Wildman–Crippen LogP) is 3.94. The normalized spacial score (nSPS) is 10.7. The molecule has 6 nitrogen and oxygen atoms in total. The maximum atomic E-state index is 12.1. The van der Waals surface area contributed by atoms with E-state index in [1.807, 2.05) is 31.6 Å². The van der Waals surface area contributed by atoms with E-state index >= 15 is 0 Å². The van der Waals surface area contributed by atoms with Gasteiger partial charge in [-0.05, 0) is 44.5 Å². The van der Waals surface area contributed by atoms with Crippen molar-refractivity contribution in [2.45, 2.75) is 40.2 Å². The smallest absolute Gasteiger partial charge is 0.341 e. The third-order valence-electron chi connectivity index (χ3n) is 3.92. The minimum Gasteiger partial charge on any atom is -0.465 e. The van der Waals surface area contributed by atoms with Gasteiger partial charge in [-0.15, -0.1) is 11.3 Å². The topological polar surface area (TPSA) is 68.2 Å². The van der Waals surface area contributed by atoms with Crippen molar-refractivity contribution in [2.24, 2.45) is 0 Å². The summed E-state index contributed by atoms with van der Waals surface area (Å²) in [5, 5.41) is 12.5. The van der Waals surface area contributed by atoms with Crippen LogP contribution in [0.25, 0.3) is 0 Å². The molecule has 0 aliphatic carbocycles. The van der Waals surface area contributed by atoms with E-state index in [1.165, 1.54) is 18.4 Å². The molecule has 0 unspecified atom stereocenters. The van der Waals surface area contributed by atoms with Gasteiger partial charge in [-0.2, -0.15) is 5.10 Å². The van der Waals surface area contributed by atoms with Crippen LogP contribution in [0.15, 0.2) is 6.20 Å². The highest BCUT2D eigenvalue weighted by atomic mass is 35.5. The first-order chi connectivity index (χ1) is 12.4. The number of ether oxygens (including phenoxy) is 1. The maximum absolute atomic E-state index is 12.1. The summed E-state index contributed by atoms with van der Waals surface area (Å²) < 4.78 is 6.74. The summed E-state index contributed by atoms with van der Waals surface area (Å²) >= 11 is 12.9. The van der Waals surface area contributed by atoms with E-state index in [0.29, 0.717) is 22.2 Å². The molecule has 0 aromatic carbocycles. The first-order valence-corrected chi connectivity index (χ1v) is 9.92. The highest BCUT2D eigenvalue weighted by Crippen LogP contribution is 2.33. The molecule has 0 aliphatic rings. The number of aryl methyl sites for hydroxylation is 3. The zero-order valence-electron chi connectivity index (χ0n) is 15.3. The monoisotopic (exact) mass is 414 g/mol. The molecular weight excluding hydrogens is 392 g/mol. The fourth-order valence-corrected chi connectivity index (χ4v) is 4.17. The van der Waals surface area contributed by atoms with Crippen molar-refractivity contribution in [3.8, 4) is 0 Å². The SMILES string of the molecule is CCc1c(C)sc(NC(=S)NCCCn2cc(Cl)c(C)n2)c1C(=O)OC. The Morgan fingerprint density at radius 2 is 2.19 bits per heavy atom. The molecular formula is C17H23ClN4O2S2. The molecule has 0 bridgehead atoms. The molecule has 0 saturated carbocycles. The van der Waals surface area contributed by atoms with E-state index in [9.17, 15) is 4.79 Å². The zero-order valence-corrected chi connectivity index (χ0v) is 17.7. The van der Waals surface area contributed by atoms with E-state index in [-0.39, 0.29) is 5.97 Å². The lowest BCUT2D eigenvalue weighted by Crippen LogP contribution is -2.30. The fourth-order valence-electron chi connectivity index (χ4n) is 2.61. The summed E-state index contributed by atoms with van der Waals surface area (Å²) in [4.78, 5) is 13.2. The lowest BCUT2D eigenvalue weighted by Gasteiger charge is -2.11. The zero-order chi connectivity index (χ0) is 19.3. The van der Waals surface area contributed by atoms with E-state index in [4.69, 9.17) is 28.6 Å². The average Bonchev–Trinajstić information content (AvgIpc) is 3.09. The Morgan fingerprint density at radius 1 is 1.46 bits per heavy atom. The number of hydrogen-bond acceptors (Lipinski definition) is 5. The largest absolute Gasteiger partial charge is 0.465 e. The molecule has 26 heavy (non-hydrogen) atoms. The number of anilines is 1. The van der Waals surface area contributed by atoms with Crippen molar-refractivity contribution in [2.75, 3.05) is 19.0 Å². The summed E-state index contributed by atoms with van der Waals surface area (Å²) in [7, 11) is 1.39. The van der Waals surface area contributed by atoms with Crippen LogP contribution in [0.3, 0.4) is 0 Å². The van der Waals surface area contributed by atoms with Gasteiger partial charge in [0.15, 0.2) is 5.11 Å². The lowest BCUT2D eigenvalue weighted by atomic mass is 10.1. The van der Waals surface area contributed by atoms with Crippen LogP contribution in [-0.4, -0.2) is 34.5 Å². The molecule has 0 saturated heterocycles. The number of methoxy groups -OCH3 is 1. The van der Waals surface area contributed by atoms with Gasteiger partial charge in [0.25, 0.3) is 0 Å². The molecule has 2 heterocycles. The van der Waals surface area contributed by atoms with Crippen LogP contribution in [0, 0.1) is 13.8 Å². The van der Waals surface area contributed by atoms with Gasteiger partial charge < -0.3 is 15.4 Å². The van der Waals surface area contributed by atoms with Crippen molar-refractivity contribution >= 4 is 51.2 Å². The molecule has 9 heteroatoms. The van der Waals surface area contributed by atoms with Crippen LogP contribution in [0.1, 0.15) is 39.8 Å². The van der Waals surface area contributed by atoms with Gasteiger partial charge in [-0.1, -0.05) is 18.5 Å². The molecule has 2 aromatic rings. The summed E-state index contributed by atoms with van der Waals surface area (Å²) in [6, 6.07) is 0. The maximum Gasteiger partial charge on any atom is 0.341 e. The minimum atomic E-state index is -0.345. The number of thiocarbonyl (C=S) groups is 1. The van der Waals surface area contributed by atoms with E-state index in [2.05, 4.69) is 15.7 Å². The Morgan fingerprint density at radius 3 is 2.77 bits per heavy atom. The Balaban J connectivity index is 1.90. The summed E-state index contributed by atoms with van der Waals surface area (Å²) in [5.74, 6) is -0.345. The second-order valence-corrected chi connectivity index (χ2v) is 7.79. The molecule has 2 rings (SSSR count). The van der Waals surface area contributed by atoms with Gasteiger partial charge in [-0.25, -0.2) is 4.79 Å². The van der Waals surface area contributed by atoms with Crippen LogP contribution in [0.2, 0.25) is 5.02 Å². The number of nitrogens with one attached hydrogen (secondary N) is 2. The van der Waals surface area contributed by atoms with Gasteiger partial charge in [0.2, 0.25) is 0 Å². The van der Waals surface area contributed by atoms with Gasteiger partial charge >= 0.3 is 5.97 Å². The Bertz CT molecular complexity index is 782. The second-order valence-electron chi connectivity index (χ2n) is 5.75. The van der Waals surface area contributed by atoms with Crippen molar-refractivity contribution in [1.82, 2.24) is 15.1 Å². The minimum absolute atomic E-state index is 0.345. The van der Waals surface area contributed by atoms with Crippen LogP contribution >= 0.6 is 35.2 Å².